The molecule has 0 bridgehead atoms. The molecule has 0 aromatic rings. The summed E-state index contributed by atoms with van der Waals surface area (Å²) in [6.45, 7) is 0.659. The highest BCUT2D eigenvalue weighted by Crippen LogP contribution is 2.40. The maximum Gasteiger partial charge on any atom is 0.320 e. The zero-order valence-electron chi connectivity index (χ0n) is 8.65. The lowest BCUT2D eigenvalue weighted by Crippen LogP contribution is -2.48. The highest BCUT2D eigenvalue weighted by molar-refractivity contribution is 7.99. The maximum atomic E-state index is 10.8. The van der Waals surface area contributed by atoms with Crippen molar-refractivity contribution in [1.82, 2.24) is 0 Å². The normalized spacial score (nSPS) is 38.1. The zero-order valence-corrected chi connectivity index (χ0v) is 9.46. The predicted molar refractivity (Wildman–Crippen MR) is 59.0 cm³/mol. The molecule has 4 nitrogen and oxygen atoms in total. The van der Waals surface area contributed by atoms with Crippen LogP contribution in [0.2, 0.25) is 0 Å². The number of nitrogens with two attached hydrogens (primary N) is 1. The Morgan fingerprint density at radius 2 is 2.47 bits per heavy atom. The lowest BCUT2D eigenvalue weighted by atomic mass is 9.81. The average molecular weight is 231 g/mol. The van der Waals surface area contributed by atoms with Gasteiger partial charge in [0.1, 0.15) is 6.04 Å². The van der Waals surface area contributed by atoms with Gasteiger partial charge in [-0.15, -0.1) is 0 Å². The number of ether oxygens (including phenoxy) is 1. The second-order valence-electron chi connectivity index (χ2n) is 4.45. The number of carboxylic acids is 1. The topological polar surface area (TPSA) is 72.6 Å². The van der Waals surface area contributed by atoms with Gasteiger partial charge in [0, 0.05) is 12.4 Å². The molecule has 0 radical (unpaired) electrons. The van der Waals surface area contributed by atoms with Crippen LogP contribution >= 0.6 is 11.8 Å². The first kappa shape index (κ1) is 11.2. The van der Waals surface area contributed by atoms with Crippen LogP contribution in [0, 0.1) is 5.92 Å². The van der Waals surface area contributed by atoms with Gasteiger partial charge in [-0.25, -0.2) is 0 Å². The number of aliphatic carboxylic acids is 1. The van der Waals surface area contributed by atoms with Gasteiger partial charge in [-0.1, -0.05) is 0 Å². The van der Waals surface area contributed by atoms with Crippen molar-refractivity contribution in [2.24, 2.45) is 11.7 Å². The van der Waals surface area contributed by atoms with Crippen LogP contribution in [0.1, 0.15) is 19.3 Å². The summed E-state index contributed by atoms with van der Waals surface area (Å²) in [5.74, 6) is 1.31. The molecule has 15 heavy (non-hydrogen) atoms. The molecule has 0 aliphatic carbocycles. The third-order valence-electron chi connectivity index (χ3n) is 3.39. The van der Waals surface area contributed by atoms with Crippen LogP contribution < -0.4 is 5.73 Å². The Hall–Kier alpha value is -0.260. The first-order valence-electron chi connectivity index (χ1n) is 5.33. The molecule has 1 spiro atoms. The molecule has 5 heteroatoms. The molecule has 2 saturated heterocycles. The lowest BCUT2D eigenvalue weighted by molar-refractivity contribution is -0.143. The first-order valence-corrected chi connectivity index (χ1v) is 6.49. The van der Waals surface area contributed by atoms with Gasteiger partial charge in [0.15, 0.2) is 0 Å². The van der Waals surface area contributed by atoms with E-state index in [1.54, 1.807) is 0 Å². The summed E-state index contributed by atoms with van der Waals surface area (Å²) in [7, 11) is 0. The van der Waals surface area contributed by atoms with E-state index in [0.717, 1.165) is 30.8 Å². The summed E-state index contributed by atoms with van der Waals surface area (Å²) < 4.78 is 5.82. The van der Waals surface area contributed by atoms with Crippen LogP contribution in [-0.2, 0) is 9.53 Å². The molecular formula is C10H17NO3S. The second kappa shape index (κ2) is 4.31. The van der Waals surface area contributed by atoms with Gasteiger partial charge in [0.25, 0.3) is 0 Å². The van der Waals surface area contributed by atoms with Crippen molar-refractivity contribution in [2.45, 2.75) is 30.9 Å². The Morgan fingerprint density at radius 3 is 3.07 bits per heavy atom. The van der Waals surface area contributed by atoms with Crippen LogP contribution in [-0.4, -0.2) is 40.8 Å². The highest BCUT2D eigenvalue weighted by Gasteiger charge is 2.43. The minimum absolute atomic E-state index is 0.0688. The van der Waals surface area contributed by atoms with Gasteiger partial charge in [-0.05, 0) is 30.9 Å². The van der Waals surface area contributed by atoms with Crippen LogP contribution in [0.3, 0.4) is 0 Å². The number of hydrogen-bond donors (Lipinski definition) is 2. The van der Waals surface area contributed by atoms with Crippen molar-refractivity contribution in [3.05, 3.63) is 0 Å². The Morgan fingerprint density at radius 1 is 1.67 bits per heavy atom. The van der Waals surface area contributed by atoms with E-state index >= 15 is 0 Å². The van der Waals surface area contributed by atoms with Gasteiger partial charge in [0.05, 0.1) is 5.60 Å². The fourth-order valence-electron chi connectivity index (χ4n) is 2.44. The fraction of sp³-hybridized carbons (Fsp3) is 0.900. The van der Waals surface area contributed by atoms with Crippen molar-refractivity contribution in [3.63, 3.8) is 0 Å². The summed E-state index contributed by atoms with van der Waals surface area (Å²) >= 11 is 1.89. The molecule has 2 aliphatic rings. The van der Waals surface area contributed by atoms with E-state index < -0.39 is 12.0 Å². The molecule has 0 aromatic heterocycles. The van der Waals surface area contributed by atoms with Gasteiger partial charge in [0.2, 0.25) is 0 Å². The standard InChI is InChI=1S/C10H17NO3S/c11-8(9(12)13)7-1-3-14-10(5-7)2-4-15-6-10/h7-8H,1-6,11H2,(H,12,13)/t7?,8-,10?/m0/s1. The molecule has 2 unspecified atom stereocenters. The van der Waals surface area contributed by atoms with E-state index in [9.17, 15) is 4.79 Å². The van der Waals surface area contributed by atoms with E-state index in [2.05, 4.69) is 0 Å². The minimum Gasteiger partial charge on any atom is -0.480 e. The molecule has 2 rings (SSSR count). The predicted octanol–water partition coefficient (Wildman–Crippen LogP) is 0.701. The molecule has 0 saturated carbocycles. The van der Waals surface area contributed by atoms with Gasteiger partial charge in [-0.3, -0.25) is 4.79 Å². The molecule has 3 N–H and O–H groups in total. The number of rotatable bonds is 2. The summed E-state index contributed by atoms with van der Waals surface area (Å²) in [6.07, 6.45) is 2.63. The molecule has 0 amide bonds. The Balaban J connectivity index is 2.00. The lowest BCUT2D eigenvalue weighted by Gasteiger charge is -2.38. The Kier molecular flexibility index (Phi) is 3.23. The smallest absolute Gasteiger partial charge is 0.320 e. The zero-order chi connectivity index (χ0) is 10.9. The summed E-state index contributed by atoms with van der Waals surface area (Å²) in [6, 6.07) is -0.726. The van der Waals surface area contributed by atoms with Gasteiger partial charge >= 0.3 is 5.97 Å². The summed E-state index contributed by atoms with van der Waals surface area (Å²) in [4.78, 5) is 10.8. The van der Waals surface area contributed by atoms with Crippen LogP contribution in [0.4, 0.5) is 0 Å². The minimum atomic E-state index is -0.886. The van der Waals surface area contributed by atoms with E-state index in [4.69, 9.17) is 15.6 Å². The van der Waals surface area contributed by atoms with E-state index in [1.807, 2.05) is 11.8 Å². The summed E-state index contributed by atoms with van der Waals surface area (Å²) in [5.41, 5.74) is 5.61. The molecule has 3 atom stereocenters. The van der Waals surface area contributed by atoms with Gasteiger partial charge < -0.3 is 15.6 Å². The van der Waals surface area contributed by atoms with E-state index in [1.165, 1.54) is 0 Å². The average Bonchev–Trinajstić information content (AvgIpc) is 2.65. The van der Waals surface area contributed by atoms with Crippen molar-refractivity contribution in [3.8, 4) is 0 Å². The molecule has 0 aromatic carbocycles. The van der Waals surface area contributed by atoms with Crippen molar-refractivity contribution in [2.75, 3.05) is 18.1 Å². The largest absolute Gasteiger partial charge is 0.480 e. The van der Waals surface area contributed by atoms with Crippen molar-refractivity contribution in [1.29, 1.82) is 0 Å². The number of thioether (sulfide) groups is 1. The molecule has 2 heterocycles. The third-order valence-corrected chi connectivity index (χ3v) is 4.61. The Labute approximate surface area is 93.5 Å². The van der Waals surface area contributed by atoms with Crippen molar-refractivity contribution >= 4 is 17.7 Å². The van der Waals surface area contributed by atoms with Crippen LogP contribution in [0.5, 0.6) is 0 Å². The second-order valence-corrected chi connectivity index (χ2v) is 5.56. The van der Waals surface area contributed by atoms with Crippen LogP contribution in [0.25, 0.3) is 0 Å². The molecular weight excluding hydrogens is 214 g/mol. The van der Waals surface area contributed by atoms with Crippen LogP contribution in [0.15, 0.2) is 0 Å². The van der Waals surface area contributed by atoms with Crippen molar-refractivity contribution < 1.29 is 14.6 Å². The highest BCUT2D eigenvalue weighted by atomic mass is 32.2. The molecule has 86 valence electrons. The SMILES string of the molecule is N[C@H](C(=O)O)C1CCOC2(CCSC2)C1. The van der Waals surface area contributed by atoms with E-state index in [0.29, 0.717) is 6.61 Å². The van der Waals surface area contributed by atoms with E-state index in [-0.39, 0.29) is 11.5 Å². The fourth-order valence-corrected chi connectivity index (χ4v) is 3.82. The quantitative estimate of drug-likeness (QED) is 0.732. The number of carboxylic acid groups (broad SMARTS) is 1. The first-order chi connectivity index (χ1) is 7.13. The number of carbonyl (C=O) groups is 1. The molecule has 2 aliphatic heterocycles. The third kappa shape index (κ3) is 2.29. The van der Waals surface area contributed by atoms with Gasteiger partial charge in [-0.2, -0.15) is 11.8 Å². The maximum absolute atomic E-state index is 10.8. The summed E-state index contributed by atoms with van der Waals surface area (Å²) in [5, 5.41) is 8.89. The Bertz CT molecular complexity index is 253. The monoisotopic (exact) mass is 231 g/mol. The molecule has 2 fully saturated rings. The number of hydrogen-bond acceptors (Lipinski definition) is 4.